The average molecular weight is 267 g/mol. The van der Waals surface area contributed by atoms with Crippen molar-refractivity contribution in [3.63, 3.8) is 0 Å². The van der Waals surface area contributed by atoms with E-state index in [9.17, 15) is 0 Å². The fraction of sp³-hybridized carbons (Fsp3) is 0.333. The van der Waals surface area contributed by atoms with E-state index >= 15 is 0 Å². The van der Waals surface area contributed by atoms with Gasteiger partial charge in [-0.25, -0.2) is 0 Å². The van der Waals surface area contributed by atoms with Gasteiger partial charge < -0.3 is 10.1 Å². The standard InChI is InChI=1S/C18H21NO/c1-19-17(14-7-3-2-4-8-14)12-11-16-13-15-9-5-6-10-18(15)20-16/h2-10,16-17,19H,11-13H2,1H3. The Balaban J connectivity index is 1.58. The number of rotatable bonds is 5. The first-order chi connectivity index (χ1) is 9.86. The highest BCUT2D eigenvalue weighted by molar-refractivity contribution is 5.37. The van der Waals surface area contributed by atoms with Crippen molar-refractivity contribution in [2.24, 2.45) is 0 Å². The lowest BCUT2D eigenvalue weighted by Gasteiger charge is -2.19. The van der Waals surface area contributed by atoms with Gasteiger partial charge in [-0.15, -0.1) is 0 Å². The first-order valence-corrected chi connectivity index (χ1v) is 7.33. The molecule has 2 heteroatoms. The van der Waals surface area contributed by atoms with E-state index in [0.29, 0.717) is 12.1 Å². The summed E-state index contributed by atoms with van der Waals surface area (Å²) in [6.45, 7) is 0. The lowest BCUT2D eigenvalue weighted by Crippen LogP contribution is -2.20. The zero-order valence-electron chi connectivity index (χ0n) is 11.9. The minimum absolute atomic E-state index is 0.326. The minimum Gasteiger partial charge on any atom is -0.490 e. The Hall–Kier alpha value is -1.80. The summed E-state index contributed by atoms with van der Waals surface area (Å²) >= 11 is 0. The van der Waals surface area contributed by atoms with Crippen molar-refractivity contribution >= 4 is 0 Å². The number of hydrogen-bond donors (Lipinski definition) is 1. The van der Waals surface area contributed by atoms with E-state index in [1.807, 2.05) is 13.1 Å². The van der Waals surface area contributed by atoms with Crippen LogP contribution in [0.1, 0.15) is 30.0 Å². The first-order valence-electron chi connectivity index (χ1n) is 7.33. The van der Waals surface area contributed by atoms with Gasteiger partial charge in [-0.2, -0.15) is 0 Å². The van der Waals surface area contributed by atoms with Gasteiger partial charge in [0.2, 0.25) is 0 Å². The summed E-state index contributed by atoms with van der Waals surface area (Å²) < 4.78 is 6.01. The Morgan fingerprint density at radius 1 is 1.10 bits per heavy atom. The number of fused-ring (bicyclic) bond motifs is 1. The Morgan fingerprint density at radius 2 is 1.85 bits per heavy atom. The largest absolute Gasteiger partial charge is 0.490 e. The molecule has 2 unspecified atom stereocenters. The predicted octanol–water partition coefficient (Wildman–Crippen LogP) is 3.73. The van der Waals surface area contributed by atoms with Crippen LogP contribution >= 0.6 is 0 Å². The molecule has 1 aliphatic rings. The molecule has 0 radical (unpaired) electrons. The minimum atomic E-state index is 0.326. The molecule has 1 N–H and O–H groups in total. The average Bonchev–Trinajstić information content (AvgIpc) is 2.92. The highest BCUT2D eigenvalue weighted by Gasteiger charge is 2.23. The number of benzene rings is 2. The molecule has 3 rings (SSSR count). The third kappa shape index (κ3) is 2.86. The first kappa shape index (κ1) is 13.2. The molecular formula is C18H21NO. The lowest BCUT2D eigenvalue weighted by atomic mass is 9.98. The molecule has 20 heavy (non-hydrogen) atoms. The molecule has 104 valence electrons. The van der Waals surface area contributed by atoms with Gasteiger partial charge in [-0.1, -0.05) is 48.5 Å². The molecule has 2 aromatic rings. The summed E-state index contributed by atoms with van der Waals surface area (Å²) in [5, 5.41) is 3.41. The van der Waals surface area contributed by atoms with Crippen LogP contribution in [0, 0.1) is 0 Å². The number of para-hydroxylation sites is 1. The maximum Gasteiger partial charge on any atom is 0.123 e. The molecule has 2 atom stereocenters. The monoisotopic (exact) mass is 267 g/mol. The molecule has 0 spiro atoms. The van der Waals surface area contributed by atoms with Crippen LogP contribution in [0.15, 0.2) is 54.6 Å². The summed E-state index contributed by atoms with van der Waals surface area (Å²) in [6.07, 6.45) is 3.54. The summed E-state index contributed by atoms with van der Waals surface area (Å²) in [7, 11) is 2.03. The molecule has 2 aromatic carbocycles. The van der Waals surface area contributed by atoms with E-state index in [1.54, 1.807) is 0 Å². The molecule has 0 bridgehead atoms. The topological polar surface area (TPSA) is 21.3 Å². The second-order valence-electron chi connectivity index (χ2n) is 5.38. The Kier molecular flexibility index (Phi) is 4.03. The molecule has 1 aliphatic heterocycles. The van der Waals surface area contributed by atoms with Crippen LogP contribution in [0.3, 0.4) is 0 Å². The van der Waals surface area contributed by atoms with Crippen LogP contribution in [0.5, 0.6) is 5.75 Å². The van der Waals surface area contributed by atoms with E-state index in [0.717, 1.165) is 25.0 Å². The quantitative estimate of drug-likeness (QED) is 0.891. The van der Waals surface area contributed by atoms with Crippen LogP contribution in [0.25, 0.3) is 0 Å². The molecule has 0 saturated carbocycles. The maximum atomic E-state index is 6.01. The molecule has 2 nitrogen and oxygen atoms in total. The predicted molar refractivity (Wildman–Crippen MR) is 82.0 cm³/mol. The number of hydrogen-bond acceptors (Lipinski definition) is 2. The van der Waals surface area contributed by atoms with Gasteiger partial charge in [0.15, 0.2) is 0 Å². The molecule has 0 fully saturated rings. The Morgan fingerprint density at radius 3 is 2.60 bits per heavy atom. The van der Waals surface area contributed by atoms with Crippen molar-refractivity contribution in [3.05, 3.63) is 65.7 Å². The van der Waals surface area contributed by atoms with Gasteiger partial charge in [0.05, 0.1) is 0 Å². The molecular weight excluding hydrogens is 246 g/mol. The third-order valence-electron chi connectivity index (χ3n) is 4.04. The van der Waals surface area contributed by atoms with Crippen molar-refractivity contribution < 1.29 is 4.74 Å². The SMILES string of the molecule is CNC(CCC1Cc2ccccc2O1)c1ccccc1. The van der Waals surface area contributed by atoms with Crippen LogP contribution in [-0.2, 0) is 6.42 Å². The smallest absolute Gasteiger partial charge is 0.123 e. The maximum absolute atomic E-state index is 6.01. The summed E-state index contributed by atoms with van der Waals surface area (Å²) in [6, 6.07) is 19.4. The molecule has 0 amide bonds. The number of ether oxygens (including phenoxy) is 1. The fourth-order valence-electron chi connectivity index (χ4n) is 2.93. The van der Waals surface area contributed by atoms with Crippen LogP contribution in [0.2, 0.25) is 0 Å². The summed E-state index contributed by atoms with van der Waals surface area (Å²) in [5.41, 5.74) is 2.70. The molecule has 1 heterocycles. The zero-order chi connectivity index (χ0) is 13.8. The van der Waals surface area contributed by atoms with E-state index < -0.39 is 0 Å². The van der Waals surface area contributed by atoms with Crippen molar-refractivity contribution in [1.29, 1.82) is 0 Å². The third-order valence-corrected chi connectivity index (χ3v) is 4.04. The van der Waals surface area contributed by atoms with Gasteiger partial charge in [-0.05, 0) is 37.1 Å². The van der Waals surface area contributed by atoms with Crippen molar-refractivity contribution in [2.45, 2.75) is 31.4 Å². The normalized spacial score (nSPS) is 18.4. The highest BCUT2D eigenvalue weighted by atomic mass is 16.5. The van der Waals surface area contributed by atoms with Crippen LogP contribution in [-0.4, -0.2) is 13.2 Å². The van der Waals surface area contributed by atoms with Crippen molar-refractivity contribution in [3.8, 4) is 5.75 Å². The van der Waals surface area contributed by atoms with Crippen molar-refractivity contribution in [2.75, 3.05) is 7.05 Å². The second kappa shape index (κ2) is 6.10. The molecule has 0 saturated heterocycles. The Bertz CT molecular complexity index is 527. The van der Waals surface area contributed by atoms with E-state index in [4.69, 9.17) is 4.74 Å². The van der Waals surface area contributed by atoms with E-state index in [1.165, 1.54) is 11.1 Å². The summed E-state index contributed by atoms with van der Waals surface area (Å²) in [5.74, 6) is 1.07. The van der Waals surface area contributed by atoms with E-state index in [2.05, 4.69) is 53.8 Å². The van der Waals surface area contributed by atoms with Crippen molar-refractivity contribution in [1.82, 2.24) is 5.32 Å². The zero-order valence-corrected chi connectivity index (χ0v) is 11.9. The van der Waals surface area contributed by atoms with Crippen LogP contribution in [0.4, 0.5) is 0 Å². The fourth-order valence-corrected chi connectivity index (χ4v) is 2.93. The van der Waals surface area contributed by atoms with Crippen LogP contribution < -0.4 is 10.1 Å². The number of nitrogens with one attached hydrogen (secondary N) is 1. The summed E-state index contributed by atoms with van der Waals surface area (Å²) in [4.78, 5) is 0. The van der Waals surface area contributed by atoms with Gasteiger partial charge in [0.25, 0.3) is 0 Å². The Labute approximate surface area is 120 Å². The van der Waals surface area contributed by atoms with E-state index in [-0.39, 0.29) is 0 Å². The second-order valence-corrected chi connectivity index (χ2v) is 5.38. The highest BCUT2D eigenvalue weighted by Crippen LogP contribution is 2.31. The molecule has 0 aromatic heterocycles. The molecule has 0 aliphatic carbocycles. The lowest BCUT2D eigenvalue weighted by molar-refractivity contribution is 0.212. The van der Waals surface area contributed by atoms with Gasteiger partial charge in [0.1, 0.15) is 11.9 Å². The van der Waals surface area contributed by atoms with Gasteiger partial charge >= 0.3 is 0 Å². The van der Waals surface area contributed by atoms with Gasteiger partial charge in [0, 0.05) is 12.5 Å². The van der Waals surface area contributed by atoms with Gasteiger partial charge in [-0.3, -0.25) is 0 Å².